The van der Waals surface area contributed by atoms with Crippen molar-refractivity contribution >= 4 is 17.5 Å². The molecule has 0 unspecified atom stereocenters. The summed E-state index contributed by atoms with van der Waals surface area (Å²) in [7, 11) is 1.65. The Kier molecular flexibility index (Phi) is 5.95. The second-order valence-corrected chi connectivity index (χ2v) is 6.90. The van der Waals surface area contributed by atoms with Crippen LogP contribution in [-0.2, 0) is 17.8 Å². The lowest BCUT2D eigenvalue weighted by molar-refractivity contribution is 0.102. The van der Waals surface area contributed by atoms with E-state index in [1.807, 2.05) is 36.6 Å². The molecule has 0 N–H and O–H groups in total. The second-order valence-electron chi connectivity index (χ2n) is 5.96. The van der Waals surface area contributed by atoms with Gasteiger partial charge in [0.1, 0.15) is 12.1 Å². The predicted molar refractivity (Wildman–Crippen MR) is 98.7 cm³/mol. The first-order chi connectivity index (χ1) is 12.6. The van der Waals surface area contributed by atoms with Gasteiger partial charge in [-0.25, -0.2) is 0 Å². The van der Waals surface area contributed by atoms with Crippen molar-refractivity contribution in [3.8, 4) is 0 Å². The molecule has 0 aliphatic heterocycles. The van der Waals surface area contributed by atoms with Gasteiger partial charge in [-0.1, -0.05) is 11.8 Å². The van der Waals surface area contributed by atoms with Gasteiger partial charge < -0.3 is 18.3 Å². The third-order valence-corrected chi connectivity index (χ3v) is 5.20. The van der Waals surface area contributed by atoms with Crippen molar-refractivity contribution in [1.82, 2.24) is 19.3 Å². The molecule has 3 aromatic rings. The van der Waals surface area contributed by atoms with Crippen LogP contribution in [0.15, 0.2) is 40.4 Å². The molecule has 0 aliphatic rings. The fraction of sp³-hybridized carbons (Fsp3) is 0.389. The summed E-state index contributed by atoms with van der Waals surface area (Å²) in [6, 6.07) is 5.74. The van der Waals surface area contributed by atoms with Gasteiger partial charge in [0.15, 0.2) is 10.9 Å². The third-order valence-electron chi connectivity index (χ3n) is 4.22. The highest BCUT2D eigenvalue weighted by molar-refractivity contribution is 7.99. The van der Waals surface area contributed by atoms with E-state index in [9.17, 15) is 4.79 Å². The average Bonchev–Trinajstić information content (AvgIpc) is 3.35. The molecule has 0 spiro atoms. The van der Waals surface area contributed by atoms with Gasteiger partial charge in [0, 0.05) is 30.6 Å². The molecule has 0 saturated carbocycles. The Morgan fingerprint density at radius 3 is 2.96 bits per heavy atom. The van der Waals surface area contributed by atoms with E-state index in [1.54, 1.807) is 19.7 Å². The van der Waals surface area contributed by atoms with Crippen molar-refractivity contribution < 1.29 is 13.9 Å². The molecule has 0 saturated heterocycles. The van der Waals surface area contributed by atoms with Crippen LogP contribution in [0.25, 0.3) is 0 Å². The molecule has 3 rings (SSSR count). The summed E-state index contributed by atoms with van der Waals surface area (Å²) in [5.74, 6) is 1.26. The Balaban J connectivity index is 1.68. The van der Waals surface area contributed by atoms with Crippen molar-refractivity contribution in [3.05, 3.63) is 53.5 Å². The Morgan fingerprint density at radius 1 is 1.38 bits per heavy atom. The van der Waals surface area contributed by atoms with Crippen LogP contribution in [0.3, 0.4) is 0 Å². The first-order valence-corrected chi connectivity index (χ1v) is 9.30. The summed E-state index contributed by atoms with van der Waals surface area (Å²) in [5, 5.41) is 8.72. The zero-order valence-electron chi connectivity index (χ0n) is 15.1. The average molecular weight is 374 g/mol. The predicted octanol–water partition coefficient (Wildman–Crippen LogP) is 2.96. The Hall–Kier alpha value is -2.32. The number of rotatable bonds is 9. The van der Waals surface area contributed by atoms with Gasteiger partial charge in [-0.3, -0.25) is 4.79 Å². The molecule has 7 nitrogen and oxygen atoms in total. The maximum Gasteiger partial charge on any atom is 0.191 e. The minimum Gasteiger partial charge on any atom is -0.467 e. The molecule has 0 fully saturated rings. The molecule has 26 heavy (non-hydrogen) atoms. The van der Waals surface area contributed by atoms with Crippen LogP contribution in [0.2, 0.25) is 0 Å². The first-order valence-electron chi connectivity index (χ1n) is 8.32. The highest BCUT2D eigenvalue weighted by Gasteiger charge is 2.17. The van der Waals surface area contributed by atoms with Crippen LogP contribution in [-0.4, -0.2) is 44.6 Å². The Bertz CT molecular complexity index is 867. The molecule has 0 aliphatic carbocycles. The molecule has 138 valence electrons. The van der Waals surface area contributed by atoms with Crippen molar-refractivity contribution in [2.45, 2.75) is 32.1 Å². The van der Waals surface area contributed by atoms with Crippen LogP contribution in [0.1, 0.15) is 27.5 Å². The zero-order valence-corrected chi connectivity index (χ0v) is 16.0. The van der Waals surface area contributed by atoms with Gasteiger partial charge in [0.05, 0.1) is 25.2 Å². The van der Waals surface area contributed by atoms with Gasteiger partial charge in [-0.2, -0.15) is 0 Å². The maximum atomic E-state index is 12.7. The number of hydrogen-bond donors (Lipinski definition) is 0. The van der Waals surface area contributed by atoms with E-state index in [2.05, 4.69) is 14.8 Å². The van der Waals surface area contributed by atoms with Gasteiger partial charge in [-0.05, 0) is 32.0 Å². The summed E-state index contributed by atoms with van der Waals surface area (Å²) < 4.78 is 14.5. The lowest BCUT2D eigenvalue weighted by Gasteiger charge is -2.08. The van der Waals surface area contributed by atoms with E-state index in [4.69, 9.17) is 9.15 Å². The molecule has 0 amide bonds. The number of aromatic nitrogens is 4. The number of carbonyl (C=O) groups is 1. The van der Waals surface area contributed by atoms with Crippen LogP contribution in [0.4, 0.5) is 0 Å². The minimum absolute atomic E-state index is 0.0788. The number of carbonyl (C=O) groups excluding carboxylic acids is 1. The SMILES string of the molecule is COCCn1cnnc1SCC(=O)c1cc(C)n(Cc2ccco2)c1C. The molecule has 3 aromatic heterocycles. The Labute approximate surface area is 156 Å². The van der Waals surface area contributed by atoms with Crippen molar-refractivity contribution in [2.24, 2.45) is 0 Å². The summed E-state index contributed by atoms with van der Waals surface area (Å²) >= 11 is 1.39. The Morgan fingerprint density at radius 2 is 2.23 bits per heavy atom. The van der Waals surface area contributed by atoms with Crippen LogP contribution in [0.5, 0.6) is 0 Å². The fourth-order valence-electron chi connectivity index (χ4n) is 2.79. The number of Topliss-reactive ketones (excluding diaryl/α,β-unsaturated/α-hetero) is 1. The molecule has 8 heteroatoms. The van der Waals surface area contributed by atoms with E-state index in [0.29, 0.717) is 25.4 Å². The first kappa shape index (κ1) is 18.5. The molecule has 0 atom stereocenters. The van der Waals surface area contributed by atoms with Gasteiger partial charge in [0.25, 0.3) is 0 Å². The van der Waals surface area contributed by atoms with E-state index < -0.39 is 0 Å². The lowest BCUT2D eigenvalue weighted by Crippen LogP contribution is -2.09. The normalized spacial score (nSPS) is 11.2. The molecule has 0 bridgehead atoms. The highest BCUT2D eigenvalue weighted by Crippen LogP contribution is 2.22. The summed E-state index contributed by atoms with van der Waals surface area (Å²) in [6.45, 7) is 5.83. The summed E-state index contributed by atoms with van der Waals surface area (Å²) in [6.07, 6.45) is 3.31. The van der Waals surface area contributed by atoms with Gasteiger partial charge in [-0.15, -0.1) is 10.2 Å². The quantitative estimate of drug-likeness (QED) is 0.423. The molecule has 3 heterocycles. The highest BCUT2D eigenvalue weighted by atomic mass is 32.2. The smallest absolute Gasteiger partial charge is 0.191 e. The van der Waals surface area contributed by atoms with Crippen molar-refractivity contribution in [2.75, 3.05) is 19.5 Å². The standard InChI is InChI=1S/C18H22N4O3S/c1-13-9-16(14(2)22(13)10-15-5-4-7-25-15)17(23)11-26-18-20-19-12-21(18)6-8-24-3/h4-5,7,9,12H,6,8,10-11H2,1-3H3. The van der Waals surface area contributed by atoms with E-state index >= 15 is 0 Å². The van der Waals surface area contributed by atoms with Crippen molar-refractivity contribution in [3.63, 3.8) is 0 Å². The number of ketones is 1. The largest absolute Gasteiger partial charge is 0.467 e. The number of aryl methyl sites for hydroxylation is 1. The number of methoxy groups -OCH3 is 1. The topological polar surface area (TPSA) is 75.1 Å². The molecule has 0 radical (unpaired) electrons. The van der Waals surface area contributed by atoms with Gasteiger partial charge >= 0.3 is 0 Å². The molecule has 0 aromatic carbocycles. The zero-order chi connectivity index (χ0) is 18.5. The van der Waals surface area contributed by atoms with Crippen molar-refractivity contribution in [1.29, 1.82) is 0 Å². The van der Waals surface area contributed by atoms with Gasteiger partial charge in [0.2, 0.25) is 0 Å². The summed E-state index contributed by atoms with van der Waals surface area (Å²) in [4.78, 5) is 12.7. The van der Waals surface area contributed by atoms with Crippen LogP contribution < -0.4 is 0 Å². The number of furan rings is 1. The second kappa shape index (κ2) is 8.37. The number of hydrogen-bond acceptors (Lipinski definition) is 6. The number of ether oxygens (including phenoxy) is 1. The minimum atomic E-state index is 0.0788. The number of nitrogens with zero attached hydrogens (tertiary/aromatic N) is 4. The van der Waals surface area contributed by atoms with Crippen LogP contribution >= 0.6 is 11.8 Å². The maximum absolute atomic E-state index is 12.7. The fourth-order valence-corrected chi connectivity index (χ4v) is 3.62. The van der Waals surface area contributed by atoms with E-state index in [-0.39, 0.29) is 5.78 Å². The lowest BCUT2D eigenvalue weighted by atomic mass is 10.2. The van der Waals surface area contributed by atoms with Crippen LogP contribution in [0, 0.1) is 13.8 Å². The van der Waals surface area contributed by atoms with E-state index in [1.165, 1.54) is 11.8 Å². The molecular formula is C18H22N4O3S. The molecular weight excluding hydrogens is 352 g/mol. The monoisotopic (exact) mass is 374 g/mol. The van der Waals surface area contributed by atoms with E-state index in [0.717, 1.165) is 27.9 Å². The third kappa shape index (κ3) is 4.08. The summed E-state index contributed by atoms with van der Waals surface area (Å²) in [5.41, 5.74) is 2.73. The number of thioether (sulfide) groups is 1.